The summed E-state index contributed by atoms with van der Waals surface area (Å²) in [6.45, 7) is 10.2. The van der Waals surface area contributed by atoms with Crippen LogP contribution in [0.2, 0.25) is 0 Å². The molecule has 2 aliphatic heterocycles. The number of benzene rings is 1. The van der Waals surface area contributed by atoms with Crippen molar-refractivity contribution in [1.82, 2.24) is 0 Å². The zero-order valence-corrected chi connectivity index (χ0v) is 14.2. The number of hydrogen-bond acceptors (Lipinski definition) is 2. The topological polar surface area (TPSA) is 18.5 Å². The third kappa shape index (κ3) is 2.58. The molecular weight excluding hydrogens is 317 g/mol. The third-order valence-electron chi connectivity index (χ3n) is 5.48. The van der Waals surface area contributed by atoms with E-state index in [1.807, 2.05) is 6.92 Å². The SMILES string of the molecule is C=C1[C@@H](OCc2ccccc2C(F)(F)F)[C@]2(C)CC[C@@]1(C(C)C)O2. The second kappa shape index (κ2) is 5.60. The van der Waals surface area contributed by atoms with E-state index in [2.05, 4.69) is 20.4 Å². The van der Waals surface area contributed by atoms with Crippen molar-refractivity contribution in [3.8, 4) is 0 Å². The first-order chi connectivity index (χ1) is 11.1. The maximum atomic E-state index is 13.1. The zero-order chi connectivity index (χ0) is 17.8. The summed E-state index contributed by atoms with van der Waals surface area (Å²) < 4.78 is 51.6. The highest BCUT2D eigenvalue weighted by Crippen LogP contribution is 2.57. The molecule has 1 aromatic carbocycles. The summed E-state index contributed by atoms with van der Waals surface area (Å²) in [5, 5.41) is 0. The summed E-state index contributed by atoms with van der Waals surface area (Å²) in [5.74, 6) is 0.253. The van der Waals surface area contributed by atoms with Crippen LogP contribution in [0.5, 0.6) is 0 Å². The Hall–Kier alpha value is -1.33. The van der Waals surface area contributed by atoms with Gasteiger partial charge in [0.1, 0.15) is 6.10 Å². The van der Waals surface area contributed by atoms with Crippen molar-refractivity contribution in [3.05, 3.63) is 47.5 Å². The van der Waals surface area contributed by atoms with Gasteiger partial charge in [0.05, 0.1) is 23.4 Å². The molecular formula is C19H23F3O2. The predicted molar refractivity (Wildman–Crippen MR) is 85.5 cm³/mol. The number of alkyl halides is 3. The molecule has 2 heterocycles. The van der Waals surface area contributed by atoms with Crippen molar-refractivity contribution in [1.29, 1.82) is 0 Å². The van der Waals surface area contributed by atoms with Gasteiger partial charge in [0.15, 0.2) is 0 Å². The highest BCUT2D eigenvalue weighted by molar-refractivity contribution is 5.34. The molecule has 2 aliphatic rings. The van der Waals surface area contributed by atoms with Gasteiger partial charge in [-0.2, -0.15) is 13.2 Å². The first kappa shape index (κ1) is 17.5. The molecule has 0 aliphatic carbocycles. The normalized spacial score (nSPS) is 32.8. The molecule has 132 valence electrons. The van der Waals surface area contributed by atoms with E-state index < -0.39 is 22.9 Å². The molecule has 0 radical (unpaired) electrons. The zero-order valence-electron chi connectivity index (χ0n) is 14.2. The van der Waals surface area contributed by atoms with E-state index in [9.17, 15) is 13.2 Å². The van der Waals surface area contributed by atoms with Gasteiger partial charge in [-0.3, -0.25) is 0 Å². The van der Waals surface area contributed by atoms with Crippen LogP contribution in [0.3, 0.4) is 0 Å². The first-order valence-electron chi connectivity index (χ1n) is 8.26. The fraction of sp³-hybridized carbons (Fsp3) is 0.579. The Kier molecular flexibility index (Phi) is 4.08. The molecule has 2 bridgehead atoms. The second-order valence-electron chi connectivity index (χ2n) is 7.33. The average Bonchev–Trinajstić information content (AvgIpc) is 2.96. The van der Waals surface area contributed by atoms with E-state index in [-0.39, 0.29) is 24.2 Å². The van der Waals surface area contributed by atoms with E-state index in [1.165, 1.54) is 12.1 Å². The fourth-order valence-electron chi connectivity index (χ4n) is 4.10. The Labute approximate surface area is 140 Å². The predicted octanol–water partition coefficient (Wildman–Crippen LogP) is 5.12. The van der Waals surface area contributed by atoms with E-state index in [1.54, 1.807) is 6.07 Å². The van der Waals surface area contributed by atoms with Crippen LogP contribution in [0.15, 0.2) is 36.4 Å². The summed E-state index contributed by atoms with van der Waals surface area (Å²) in [7, 11) is 0. The molecule has 3 atom stereocenters. The van der Waals surface area contributed by atoms with E-state index in [4.69, 9.17) is 9.47 Å². The van der Waals surface area contributed by atoms with E-state index in [0.717, 1.165) is 24.5 Å². The van der Waals surface area contributed by atoms with Crippen LogP contribution in [0.25, 0.3) is 0 Å². The summed E-state index contributed by atoms with van der Waals surface area (Å²) in [6.07, 6.45) is -3.05. The molecule has 2 fully saturated rings. The molecule has 3 rings (SSSR count). The summed E-state index contributed by atoms with van der Waals surface area (Å²) in [6, 6.07) is 5.53. The van der Waals surface area contributed by atoms with Gasteiger partial charge in [0, 0.05) is 0 Å². The van der Waals surface area contributed by atoms with E-state index >= 15 is 0 Å². The van der Waals surface area contributed by atoms with Crippen molar-refractivity contribution in [3.63, 3.8) is 0 Å². The number of hydrogen-bond donors (Lipinski definition) is 0. The van der Waals surface area contributed by atoms with Crippen LogP contribution in [0.4, 0.5) is 13.2 Å². The minimum atomic E-state index is -4.38. The van der Waals surface area contributed by atoms with Crippen molar-refractivity contribution in [2.45, 2.75) is 63.7 Å². The van der Waals surface area contributed by atoms with Crippen molar-refractivity contribution in [2.24, 2.45) is 5.92 Å². The van der Waals surface area contributed by atoms with Crippen LogP contribution in [0, 0.1) is 5.92 Å². The third-order valence-corrected chi connectivity index (χ3v) is 5.48. The molecule has 2 nitrogen and oxygen atoms in total. The lowest BCUT2D eigenvalue weighted by atomic mass is 9.72. The Morgan fingerprint density at radius 3 is 2.54 bits per heavy atom. The molecule has 0 amide bonds. The van der Waals surface area contributed by atoms with Gasteiger partial charge < -0.3 is 9.47 Å². The molecule has 0 spiro atoms. The molecule has 2 saturated heterocycles. The molecule has 0 unspecified atom stereocenters. The largest absolute Gasteiger partial charge is 0.416 e. The molecule has 0 N–H and O–H groups in total. The number of ether oxygens (including phenoxy) is 2. The van der Waals surface area contributed by atoms with Gasteiger partial charge >= 0.3 is 6.18 Å². The quantitative estimate of drug-likeness (QED) is 0.708. The van der Waals surface area contributed by atoms with Crippen LogP contribution >= 0.6 is 0 Å². The van der Waals surface area contributed by atoms with Crippen molar-refractivity contribution >= 4 is 0 Å². The Morgan fingerprint density at radius 2 is 1.96 bits per heavy atom. The van der Waals surface area contributed by atoms with Crippen molar-refractivity contribution < 1.29 is 22.6 Å². The molecule has 1 aromatic rings. The Bertz CT molecular complexity index is 652. The maximum absolute atomic E-state index is 13.1. The number of fused-ring (bicyclic) bond motifs is 2. The van der Waals surface area contributed by atoms with Gasteiger partial charge in [-0.15, -0.1) is 0 Å². The van der Waals surface area contributed by atoms with Crippen LogP contribution in [0.1, 0.15) is 44.7 Å². The summed E-state index contributed by atoms with van der Waals surface area (Å²) in [5.41, 5.74) is -0.570. The Morgan fingerprint density at radius 1 is 1.29 bits per heavy atom. The van der Waals surface area contributed by atoms with Gasteiger partial charge in [-0.1, -0.05) is 38.6 Å². The van der Waals surface area contributed by atoms with Gasteiger partial charge in [-0.05, 0) is 42.9 Å². The summed E-state index contributed by atoms with van der Waals surface area (Å²) >= 11 is 0. The molecule has 24 heavy (non-hydrogen) atoms. The average molecular weight is 340 g/mol. The van der Waals surface area contributed by atoms with Crippen LogP contribution in [-0.4, -0.2) is 17.3 Å². The smallest absolute Gasteiger partial charge is 0.366 e. The fourth-order valence-corrected chi connectivity index (χ4v) is 4.10. The maximum Gasteiger partial charge on any atom is 0.416 e. The lowest BCUT2D eigenvalue weighted by molar-refractivity contribution is -0.139. The monoisotopic (exact) mass is 340 g/mol. The highest BCUT2D eigenvalue weighted by Gasteiger charge is 2.63. The van der Waals surface area contributed by atoms with E-state index in [0.29, 0.717) is 0 Å². The summed E-state index contributed by atoms with van der Waals surface area (Å²) in [4.78, 5) is 0. The Balaban J connectivity index is 1.81. The number of rotatable bonds is 4. The lowest BCUT2D eigenvalue weighted by Gasteiger charge is -2.34. The molecule has 0 aromatic heterocycles. The van der Waals surface area contributed by atoms with Gasteiger partial charge in [-0.25, -0.2) is 0 Å². The van der Waals surface area contributed by atoms with Crippen LogP contribution in [-0.2, 0) is 22.3 Å². The molecule has 0 saturated carbocycles. The standard InChI is InChI=1S/C19H23F3O2/c1-12(2)18-10-9-17(4,24-18)16(13(18)3)23-11-14-7-5-6-8-15(14)19(20,21)22/h5-8,12,16H,3,9-11H2,1-2,4H3/t16-,17+,18+/m1/s1. The lowest BCUT2D eigenvalue weighted by Crippen LogP contribution is -2.40. The highest BCUT2D eigenvalue weighted by atomic mass is 19.4. The van der Waals surface area contributed by atoms with Gasteiger partial charge in [0.25, 0.3) is 0 Å². The minimum absolute atomic E-state index is 0.105. The van der Waals surface area contributed by atoms with Crippen LogP contribution < -0.4 is 0 Å². The molecule has 5 heteroatoms. The van der Waals surface area contributed by atoms with Gasteiger partial charge in [0.2, 0.25) is 0 Å². The van der Waals surface area contributed by atoms with Crippen molar-refractivity contribution in [2.75, 3.05) is 0 Å². The minimum Gasteiger partial charge on any atom is -0.366 e. The number of halogens is 3. The second-order valence-corrected chi connectivity index (χ2v) is 7.33. The first-order valence-corrected chi connectivity index (χ1v) is 8.26.